The number of rotatable bonds is 3. The Bertz CT molecular complexity index is 525. The maximum atomic E-state index is 12.0. The van der Waals surface area contributed by atoms with Crippen molar-refractivity contribution in [2.45, 2.75) is 13.3 Å². The van der Waals surface area contributed by atoms with Gasteiger partial charge in [-0.2, -0.15) is 10.2 Å². The van der Waals surface area contributed by atoms with Crippen LogP contribution in [0.5, 0.6) is 0 Å². The predicted octanol–water partition coefficient (Wildman–Crippen LogP) is 0.282. The Balaban J connectivity index is 2.21. The van der Waals surface area contributed by atoms with Crippen molar-refractivity contribution in [2.24, 2.45) is 14.1 Å². The number of ketones is 1. The van der Waals surface area contributed by atoms with Crippen LogP contribution in [0, 0.1) is 6.92 Å². The summed E-state index contributed by atoms with van der Waals surface area (Å²) in [5, 5.41) is 7.97. The first-order valence-electron chi connectivity index (χ1n) is 4.94. The first-order chi connectivity index (χ1) is 7.59. The van der Waals surface area contributed by atoms with E-state index in [2.05, 4.69) is 15.2 Å². The second kappa shape index (κ2) is 3.88. The highest BCUT2D eigenvalue weighted by atomic mass is 16.1. The lowest BCUT2D eigenvalue weighted by atomic mass is 10.1. The van der Waals surface area contributed by atoms with E-state index in [1.165, 1.54) is 6.33 Å². The van der Waals surface area contributed by atoms with Crippen LogP contribution in [-0.2, 0) is 20.5 Å². The molecule has 0 aliphatic rings. The minimum atomic E-state index is 0.0155. The van der Waals surface area contributed by atoms with Crippen molar-refractivity contribution in [1.29, 1.82) is 0 Å². The summed E-state index contributed by atoms with van der Waals surface area (Å²) in [4.78, 5) is 16.0. The standard InChI is InChI=1S/C10H13N5O/c1-7-8(5-12-14(7)2)9(16)4-10-11-6-13-15(10)3/h5-6H,4H2,1-3H3. The highest BCUT2D eigenvalue weighted by Crippen LogP contribution is 2.09. The fraction of sp³-hybridized carbons (Fsp3) is 0.400. The van der Waals surface area contributed by atoms with E-state index in [4.69, 9.17) is 0 Å². The molecule has 0 aliphatic heterocycles. The molecule has 2 heterocycles. The van der Waals surface area contributed by atoms with Crippen LogP contribution in [0.1, 0.15) is 21.9 Å². The minimum Gasteiger partial charge on any atom is -0.294 e. The molecule has 0 aliphatic carbocycles. The molecule has 2 aromatic rings. The van der Waals surface area contributed by atoms with Crippen molar-refractivity contribution in [3.63, 3.8) is 0 Å². The summed E-state index contributed by atoms with van der Waals surface area (Å²) in [5.41, 5.74) is 1.51. The fourth-order valence-corrected chi connectivity index (χ4v) is 1.49. The molecule has 0 radical (unpaired) electrons. The molecule has 2 aromatic heterocycles. The predicted molar refractivity (Wildman–Crippen MR) is 57.0 cm³/mol. The van der Waals surface area contributed by atoms with Crippen molar-refractivity contribution in [1.82, 2.24) is 24.5 Å². The lowest BCUT2D eigenvalue weighted by molar-refractivity contribution is 0.0989. The smallest absolute Gasteiger partial charge is 0.173 e. The molecule has 0 fully saturated rings. The molecule has 6 nitrogen and oxygen atoms in total. The van der Waals surface area contributed by atoms with Crippen molar-refractivity contribution < 1.29 is 4.79 Å². The van der Waals surface area contributed by atoms with Gasteiger partial charge >= 0.3 is 0 Å². The van der Waals surface area contributed by atoms with E-state index >= 15 is 0 Å². The summed E-state index contributed by atoms with van der Waals surface area (Å²) < 4.78 is 3.29. The van der Waals surface area contributed by atoms with Gasteiger partial charge in [-0.15, -0.1) is 0 Å². The molecule has 0 unspecified atom stereocenters. The second-order valence-electron chi connectivity index (χ2n) is 3.67. The van der Waals surface area contributed by atoms with Gasteiger partial charge in [-0.3, -0.25) is 14.2 Å². The van der Waals surface area contributed by atoms with Crippen molar-refractivity contribution in [3.8, 4) is 0 Å². The van der Waals surface area contributed by atoms with Crippen LogP contribution in [0.2, 0.25) is 0 Å². The van der Waals surface area contributed by atoms with Gasteiger partial charge in [-0.05, 0) is 6.92 Å². The number of carbonyl (C=O) groups excluding carboxylic acids is 1. The number of Topliss-reactive ketones (excluding diaryl/α,β-unsaturated/α-hetero) is 1. The number of nitrogens with zero attached hydrogens (tertiary/aromatic N) is 5. The van der Waals surface area contributed by atoms with Crippen LogP contribution in [0.15, 0.2) is 12.5 Å². The molecule has 84 valence electrons. The van der Waals surface area contributed by atoms with Gasteiger partial charge in [0.15, 0.2) is 5.78 Å². The van der Waals surface area contributed by atoms with Gasteiger partial charge in [0.2, 0.25) is 0 Å². The molecule has 6 heteroatoms. The van der Waals surface area contributed by atoms with Crippen molar-refractivity contribution >= 4 is 5.78 Å². The maximum absolute atomic E-state index is 12.0. The molecule has 0 atom stereocenters. The monoisotopic (exact) mass is 219 g/mol. The van der Waals surface area contributed by atoms with Crippen LogP contribution in [0.3, 0.4) is 0 Å². The minimum absolute atomic E-state index is 0.0155. The number of carbonyl (C=O) groups is 1. The third kappa shape index (κ3) is 1.73. The lowest BCUT2D eigenvalue weighted by Crippen LogP contribution is -2.10. The van der Waals surface area contributed by atoms with Gasteiger partial charge in [0.05, 0.1) is 18.2 Å². The van der Waals surface area contributed by atoms with Gasteiger partial charge < -0.3 is 0 Å². The van der Waals surface area contributed by atoms with Gasteiger partial charge in [0, 0.05) is 19.8 Å². The van der Waals surface area contributed by atoms with E-state index in [1.807, 2.05) is 14.0 Å². The molecule has 0 saturated heterocycles. The Labute approximate surface area is 92.9 Å². The third-order valence-corrected chi connectivity index (χ3v) is 2.66. The van der Waals surface area contributed by atoms with Gasteiger partial charge in [-0.1, -0.05) is 0 Å². The van der Waals surface area contributed by atoms with Crippen molar-refractivity contribution in [2.75, 3.05) is 0 Å². The zero-order valence-electron chi connectivity index (χ0n) is 9.51. The average Bonchev–Trinajstić information content (AvgIpc) is 2.77. The van der Waals surface area contributed by atoms with Crippen LogP contribution in [0.4, 0.5) is 0 Å². The molecule has 0 aromatic carbocycles. The third-order valence-electron chi connectivity index (χ3n) is 2.66. The lowest BCUT2D eigenvalue weighted by Gasteiger charge is -2.00. The molecule has 0 N–H and O–H groups in total. The quantitative estimate of drug-likeness (QED) is 0.695. The van der Waals surface area contributed by atoms with Crippen LogP contribution in [0.25, 0.3) is 0 Å². The fourth-order valence-electron chi connectivity index (χ4n) is 1.49. The van der Waals surface area contributed by atoms with Crippen LogP contribution >= 0.6 is 0 Å². The summed E-state index contributed by atoms with van der Waals surface area (Å²) in [6, 6.07) is 0. The normalized spacial score (nSPS) is 10.7. The van der Waals surface area contributed by atoms with Gasteiger partial charge in [0.1, 0.15) is 12.2 Å². The summed E-state index contributed by atoms with van der Waals surface area (Å²) in [6.07, 6.45) is 3.29. The van der Waals surface area contributed by atoms with E-state index in [9.17, 15) is 4.79 Å². The number of aromatic nitrogens is 5. The highest BCUT2D eigenvalue weighted by Gasteiger charge is 2.15. The van der Waals surface area contributed by atoms with Crippen LogP contribution in [-0.4, -0.2) is 30.3 Å². The van der Waals surface area contributed by atoms with E-state index in [0.717, 1.165) is 5.69 Å². The number of aryl methyl sites for hydroxylation is 2. The summed E-state index contributed by atoms with van der Waals surface area (Å²) in [5.74, 6) is 0.676. The largest absolute Gasteiger partial charge is 0.294 e. The molecule has 0 amide bonds. The SMILES string of the molecule is Cc1c(C(=O)Cc2ncnn2C)cnn1C. The maximum Gasteiger partial charge on any atom is 0.173 e. The van der Waals surface area contributed by atoms with Gasteiger partial charge in [-0.25, -0.2) is 4.98 Å². The molecule has 0 saturated carbocycles. The Morgan fingerprint density at radius 3 is 2.56 bits per heavy atom. The van der Waals surface area contributed by atoms with E-state index in [-0.39, 0.29) is 12.2 Å². The van der Waals surface area contributed by atoms with Gasteiger partial charge in [0.25, 0.3) is 0 Å². The second-order valence-corrected chi connectivity index (χ2v) is 3.67. The molecular formula is C10H13N5O. The molecule has 2 rings (SSSR count). The Morgan fingerprint density at radius 1 is 1.31 bits per heavy atom. The zero-order valence-corrected chi connectivity index (χ0v) is 9.51. The van der Waals surface area contributed by atoms with E-state index < -0.39 is 0 Å². The number of hydrogen-bond donors (Lipinski definition) is 0. The first-order valence-corrected chi connectivity index (χ1v) is 4.94. The topological polar surface area (TPSA) is 65.6 Å². The van der Waals surface area contributed by atoms with E-state index in [1.54, 1.807) is 22.6 Å². The molecule has 0 bridgehead atoms. The average molecular weight is 219 g/mol. The Morgan fingerprint density at radius 2 is 2.06 bits per heavy atom. The number of hydrogen-bond acceptors (Lipinski definition) is 4. The van der Waals surface area contributed by atoms with E-state index in [0.29, 0.717) is 11.4 Å². The van der Waals surface area contributed by atoms with Crippen molar-refractivity contribution in [3.05, 3.63) is 29.6 Å². The van der Waals surface area contributed by atoms with Crippen LogP contribution < -0.4 is 0 Å². The molecule has 0 spiro atoms. The summed E-state index contributed by atoms with van der Waals surface area (Å²) >= 11 is 0. The summed E-state index contributed by atoms with van der Waals surface area (Å²) in [7, 11) is 3.58. The molecular weight excluding hydrogens is 206 g/mol. The Hall–Kier alpha value is -1.98. The summed E-state index contributed by atoms with van der Waals surface area (Å²) in [6.45, 7) is 1.87. The highest BCUT2D eigenvalue weighted by molar-refractivity contribution is 5.97. The zero-order chi connectivity index (χ0) is 11.7. The Kier molecular flexibility index (Phi) is 2.55. The molecule has 16 heavy (non-hydrogen) atoms. The first kappa shape index (κ1) is 10.5.